The SMILES string of the molecule is CC1(CN)CCN(CCC(=O)N2CCOCC2)C1. The molecule has 5 heteroatoms. The second-order valence-corrected chi connectivity index (χ2v) is 5.78. The molecule has 0 aromatic carbocycles. The lowest BCUT2D eigenvalue weighted by molar-refractivity contribution is -0.135. The third kappa shape index (κ3) is 3.43. The summed E-state index contributed by atoms with van der Waals surface area (Å²) in [7, 11) is 0. The van der Waals surface area contributed by atoms with Crippen LogP contribution in [-0.4, -0.2) is 68.2 Å². The molecule has 1 unspecified atom stereocenters. The van der Waals surface area contributed by atoms with Gasteiger partial charge in [-0.15, -0.1) is 0 Å². The van der Waals surface area contributed by atoms with Crippen LogP contribution in [0.25, 0.3) is 0 Å². The second-order valence-electron chi connectivity index (χ2n) is 5.78. The molecule has 0 radical (unpaired) electrons. The fourth-order valence-corrected chi connectivity index (χ4v) is 2.71. The molecule has 0 spiro atoms. The van der Waals surface area contributed by atoms with Crippen LogP contribution in [0, 0.1) is 5.41 Å². The number of rotatable bonds is 4. The van der Waals surface area contributed by atoms with Gasteiger partial charge in [0.05, 0.1) is 13.2 Å². The van der Waals surface area contributed by atoms with Crippen LogP contribution in [0.5, 0.6) is 0 Å². The number of likely N-dealkylation sites (tertiary alicyclic amines) is 1. The average molecular weight is 255 g/mol. The molecule has 18 heavy (non-hydrogen) atoms. The summed E-state index contributed by atoms with van der Waals surface area (Å²) in [5.41, 5.74) is 6.04. The van der Waals surface area contributed by atoms with Crippen molar-refractivity contribution in [1.82, 2.24) is 9.80 Å². The Balaban J connectivity index is 1.70. The van der Waals surface area contributed by atoms with Gasteiger partial charge in [0.15, 0.2) is 0 Å². The van der Waals surface area contributed by atoms with Crippen LogP contribution in [0.2, 0.25) is 0 Å². The lowest BCUT2D eigenvalue weighted by atomic mass is 9.90. The van der Waals surface area contributed by atoms with Crippen LogP contribution in [-0.2, 0) is 9.53 Å². The summed E-state index contributed by atoms with van der Waals surface area (Å²) in [5, 5.41) is 0. The molecule has 104 valence electrons. The first kappa shape index (κ1) is 13.8. The van der Waals surface area contributed by atoms with E-state index < -0.39 is 0 Å². The topological polar surface area (TPSA) is 58.8 Å². The van der Waals surface area contributed by atoms with Gasteiger partial charge < -0.3 is 20.3 Å². The van der Waals surface area contributed by atoms with Gasteiger partial charge in [-0.3, -0.25) is 4.79 Å². The number of hydrogen-bond acceptors (Lipinski definition) is 4. The van der Waals surface area contributed by atoms with E-state index in [1.807, 2.05) is 4.90 Å². The molecule has 0 aromatic rings. The first-order chi connectivity index (χ1) is 8.63. The second kappa shape index (κ2) is 5.99. The predicted octanol–water partition coefficient (Wildman–Crippen LogP) is -0.0940. The third-order valence-electron chi connectivity index (χ3n) is 4.14. The molecule has 2 heterocycles. The smallest absolute Gasteiger partial charge is 0.224 e. The Morgan fingerprint density at radius 1 is 1.33 bits per heavy atom. The van der Waals surface area contributed by atoms with Gasteiger partial charge in [-0.1, -0.05) is 6.92 Å². The molecule has 2 N–H and O–H groups in total. The van der Waals surface area contributed by atoms with Crippen LogP contribution in [0.15, 0.2) is 0 Å². The van der Waals surface area contributed by atoms with Crippen molar-refractivity contribution in [2.45, 2.75) is 19.8 Å². The van der Waals surface area contributed by atoms with Gasteiger partial charge >= 0.3 is 0 Å². The van der Waals surface area contributed by atoms with Gasteiger partial charge in [0, 0.05) is 32.6 Å². The molecule has 0 saturated carbocycles. The maximum Gasteiger partial charge on any atom is 0.224 e. The first-order valence-electron chi connectivity index (χ1n) is 6.91. The van der Waals surface area contributed by atoms with Gasteiger partial charge in [0.1, 0.15) is 0 Å². The molecular weight excluding hydrogens is 230 g/mol. The van der Waals surface area contributed by atoms with E-state index in [0.29, 0.717) is 19.6 Å². The van der Waals surface area contributed by atoms with Gasteiger partial charge in [-0.05, 0) is 24.9 Å². The van der Waals surface area contributed by atoms with E-state index in [1.54, 1.807) is 0 Å². The number of amides is 1. The fraction of sp³-hybridized carbons (Fsp3) is 0.923. The summed E-state index contributed by atoms with van der Waals surface area (Å²) >= 11 is 0. The van der Waals surface area contributed by atoms with Crippen LogP contribution in [0.1, 0.15) is 19.8 Å². The van der Waals surface area contributed by atoms with E-state index in [-0.39, 0.29) is 11.3 Å². The summed E-state index contributed by atoms with van der Waals surface area (Å²) < 4.78 is 5.25. The first-order valence-corrected chi connectivity index (χ1v) is 6.91. The summed E-state index contributed by atoms with van der Waals surface area (Å²) in [6.07, 6.45) is 1.77. The van der Waals surface area contributed by atoms with Crippen LogP contribution in [0.3, 0.4) is 0 Å². The van der Waals surface area contributed by atoms with Crippen molar-refractivity contribution in [3.05, 3.63) is 0 Å². The van der Waals surface area contributed by atoms with Crippen LogP contribution < -0.4 is 5.73 Å². The minimum absolute atomic E-state index is 0.252. The number of nitrogens with two attached hydrogens (primary N) is 1. The van der Waals surface area contributed by atoms with Crippen molar-refractivity contribution in [2.75, 3.05) is 52.5 Å². The molecule has 2 fully saturated rings. The maximum atomic E-state index is 12.0. The van der Waals surface area contributed by atoms with E-state index in [9.17, 15) is 4.79 Å². The molecular formula is C13H25N3O2. The highest BCUT2D eigenvalue weighted by Crippen LogP contribution is 2.28. The van der Waals surface area contributed by atoms with Crippen LogP contribution >= 0.6 is 0 Å². The highest BCUT2D eigenvalue weighted by molar-refractivity contribution is 5.76. The summed E-state index contributed by atoms with van der Waals surface area (Å²) in [5.74, 6) is 0.264. The zero-order chi connectivity index (χ0) is 13.0. The van der Waals surface area contributed by atoms with Crippen molar-refractivity contribution in [3.8, 4) is 0 Å². The molecule has 1 amide bonds. The molecule has 5 nitrogen and oxygen atoms in total. The van der Waals surface area contributed by atoms with E-state index >= 15 is 0 Å². The lowest BCUT2D eigenvalue weighted by Gasteiger charge is -2.28. The molecule has 2 rings (SSSR count). The average Bonchev–Trinajstić information content (AvgIpc) is 2.80. The number of nitrogens with zero attached hydrogens (tertiary/aromatic N) is 2. The summed E-state index contributed by atoms with van der Waals surface area (Å²) in [4.78, 5) is 16.3. The minimum Gasteiger partial charge on any atom is -0.378 e. The van der Waals surface area contributed by atoms with Crippen molar-refractivity contribution in [3.63, 3.8) is 0 Å². The van der Waals surface area contributed by atoms with E-state index in [1.165, 1.54) is 0 Å². The number of morpholine rings is 1. The molecule has 2 saturated heterocycles. The minimum atomic E-state index is 0.252. The van der Waals surface area contributed by atoms with Gasteiger partial charge in [0.25, 0.3) is 0 Å². The monoisotopic (exact) mass is 255 g/mol. The Hall–Kier alpha value is -0.650. The molecule has 1 atom stereocenters. The lowest BCUT2D eigenvalue weighted by Crippen LogP contribution is -2.42. The molecule has 2 aliphatic rings. The highest BCUT2D eigenvalue weighted by atomic mass is 16.5. The van der Waals surface area contributed by atoms with Crippen molar-refractivity contribution < 1.29 is 9.53 Å². The van der Waals surface area contributed by atoms with E-state index in [2.05, 4.69) is 11.8 Å². The van der Waals surface area contributed by atoms with Gasteiger partial charge in [-0.25, -0.2) is 0 Å². The standard InChI is InChI=1S/C13H25N3O2/c1-13(10-14)3-5-15(11-13)4-2-12(17)16-6-8-18-9-7-16/h2-11,14H2,1H3. The molecule has 0 aliphatic carbocycles. The Kier molecular flexibility index (Phi) is 4.59. The quantitative estimate of drug-likeness (QED) is 0.762. The maximum absolute atomic E-state index is 12.0. The number of carbonyl (C=O) groups is 1. The number of hydrogen-bond donors (Lipinski definition) is 1. The largest absolute Gasteiger partial charge is 0.378 e. The predicted molar refractivity (Wildman–Crippen MR) is 70.2 cm³/mol. The van der Waals surface area contributed by atoms with Gasteiger partial charge in [0.2, 0.25) is 5.91 Å². The number of carbonyl (C=O) groups excluding carboxylic acids is 1. The third-order valence-corrected chi connectivity index (χ3v) is 4.14. The van der Waals surface area contributed by atoms with Crippen molar-refractivity contribution in [2.24, 2.45) is 11.1 Å². The van der Waals surface area contributed by atoms with Crippen molar-refractivity contribution in [1.29, 1.82) is 0 Å². The zero-order valence-electron chi connectivity index (χ0n) is 11.4. The Labute approximate surface area is 109 Å². The Bertz CT molecular complexity index is 292. The number of ether oxygens (including phenoxy) is 1. The Morgan fingerprint density at radius 2 is 2.06 bits per heavy atom. The molecule has 0 bridgehead atoms. The summed E-state index contributed by atoms with van der Waals surface area (Å²) in [6.45, 7) is 8.80. The normalized spacial score (nSPS) is 29.8. The fourth-order valence-electron chi connectivity index (χ4n) is 2.71. The van der Waals surface area contributed by atoms with Crippen LogP contribution in [0.4, 0.5) is 0 Å². The van der Waals surface area contributed by atoms with E-state index in [4.69, 9.17) is 10.5 Å². The van der Waals surface area contributed by atoms with Crippen molar-refractivity contribution >= 4 is 5.91 Å². The highest BCUT2D eigenvalue weighted by Gasteiger charge is 2.32. The Morgan fingerprint density at radius 3 is 2.67 bits per heavy atom. The molecule has 0 aromatic heterocycles. The zero-order valence-corrected chi connectivity index (χ0v) is 11.4. The molecule has 2 aliphatic heterocycles. The van der Waals surface area contributed by atoms with Gasteiger partial charge in [-0.2, -0.15) is 0 Å². The summed E-state index contributed by atoms with van der Waals surface area (Å²) in [6, 6.07) is 0. The van der Waals surface area contributed by atoms with E-state index in [0.717, 1.165) is 45.7 Å².